The first-order valence-corrected chi connectivity index (χ1v) is 9.00. The Morgan fingerprint density at radius 3 is 2.38 bits per heavy atom. The quantitative estimate of drug-likeness (QED) is 0.342. The van der Waals surface area contributed by atoms with Crippen LogP contribution in [0.25, 0.3) is 0 Å². The highest BCUT2D eigenvalue weighted by Crippen LogP contribution is 2.35. The molecule has 136 valence electrons. The zero-order chi connectivity index (χ0) is 17.5. The van der Waals surface area contributed by atoms with Gasteiger partial charge in [-0.3, -0.25) is 9.69 Å². The number of ether oxygens (including phenoxy) is 2. The number of carbonyl (C=O) groups is 2. The van der Waals surface area contributed by atoms with Crippen molar-refractivity contribution in [3.05, 3.63) is 0 Å². The molecule has 2 fully saturated rings. The second-order valence-electron chi connectivity index (χ2n) is 6.38. The molecule has 0 saturated carbocycles. The van der Waals surface area contributed by atoms with Crippen molar-refractivity contribution in [1.82, 2.24) is 4.90 Å². The molecule has 2 saturated heterocycles. The number of carbonyl (C=O) groups excluding carboxylic acids is 2. The fourth-order valence-corrected chi connectivity index (χ4v) is 4.06. The Morgan fingerprint density at radius 1 is 1.08 bits per heavy atom. The van der Waals surface area contributed by atoms with E-state index in [1.807, 2.05) is 6.92 Å². The van der Waals surface area contributed by atoms with E-state index in [-0.39, 0.29) is 23.8 Å². The maximum atomic E-state index is 12.2. The summed E-state index contributed by atoms with van der Waals surface area (Å²) < 4.78 is 10.2. The monoisotopic (exact) mass is 339 g/mol. The molecule has 0 aliphatic carbocycles. The third-order valence-corrected chi connectivity index (χ3v) is 4.94. The van der Waals surface area contributed by atoms with Crippen molar-refractivity contribution in [2.45, 2.75) is 76.9 Å². The molecule has 0 aromatic rings. The summed E-state index contributed by atoms with van der Waals surface area (Å²) in [5.74, 6) is 4.88. The van der Waals surface area contributed by atoms with Crippen molar-refractivity contribution >= 4 is 17.7 Å². The zero-order valence-electron chi connectivity index (χ0n) is 14.7. The molecule has 2 rings (SSSR count). The number of hydrogen-bond acceptors (Lipinski definition) is 7. The lowest BCUT2D eigenvalue weighted by atomic mass is 9.83. The van der Waals surface area contributed by atoms with E-state index < -0.39 is 5.97 Å². The minimum atomic E-state index is -0.453. The molecule has 2 aliphatic rings. The third kappa shape index (κ3) is 4.26. The summed E-state index contributed by atoms with van der Waals surface area (Å²) >= 11 is 0. The van der Waals surface area contributed by atoms with Gasteiger partial charge in [-0.15, -0.1) is 0 Å². The second kappa shape index (κ2) is 9.01. The first-order chi connectivity index (χ1) is 11.6. The Morgan fingerprint density at radius 2 is 1.75 bits per heavy atom. The average molecular weight is 339 g/mol. The van der Waals surface area contributed by atoms with Crippen LogP contribution in [0.15, 0.2) is 5.10 Å². The van der Waals surface area contributed by atoms with E-state index in [0.29, 0.717) is 25.7 Å². The maximum absolute atomic E-state index is 12.2. The van der Waals surface area contributed by atoms with E-state index in [0.717, 1.165) is 38.5 Å². The summed E-state index contributed by atoms with van der Waals surface area (Å²) in [5, 5.41) is 3.76. The lowest BCUT2D eigenvalue weighted by molar-refractivity contribution is -0.145. The molecule has 7 heteroatoms. The van der Waals surface area contributed by atoms with Crippen LogP contribution in [-0.4, -0.2) is 53.9 Å². The van der Waals surface area contributed by atoms with E-state index in [9.17, 15) is 9.59 Å². The van der Waals surface area contributed by atoms with E-state index in [2.05, 4.69) is 10.0 Å². The summed E-state index contributed by atoms with van der Waals surface area (Å²) in [4.78, 5) is 26.5. The number of rotatable bonds is 6. The van der Waals surface area contributed by atoms with Crippen LogP contribution in [0.3, 0.4) is 0 Å². The van der Waals surface area contributed by atoms with E-state index in [4.69, 9.17) is 15.3 Å². The molecule has 24 heavy (non-hydrogen) atoms. The fourth-order valence-electron chi connectivity index (χ4n) is 4.06. The van der Waals surface area contributed by atoms with Gasteiger partial charge in [-0.2, -0.15) is 5.10 Å². The van der Waals surface area contributed by atoms with Crippen molar-refractivity contribution in [3.63, 3.8) is 0 Å². The van der Waals surface area contributed by atoms with Gasteiger partial charge in [0.1, 0.15) is 0 Å². The molecule has 0 radical (unpaired) electrons. The number of piperidine rings is 2. The number of fused-ring (bicyclic) bond motifs is 1. The number of hydrazone groups is 1. The third-order valence-electron chi connectivity index (χ3n) is 4.94. The van der Waals surface area contributed by atoms with Crippen LogP contribution in [0.4, 0.5) is 0 Å². The van der Waals surface area contributed by atoms with Crippen LogP contribution in [0.1, 0.15) is 58.8 Å². The van der Waals surface area contributed by atoms with Gasteiger partial charge < -0.3 is 15.3 Å². The van der Waals surface area contributed by atoms with E-state index >= 15 is 0 Å². The normalized spacial score (nSPS) is 28.1. The van der Waals surface area contributed by atoms with E-state index in [1.54, 1.807) is 6.92 Å². The molecular formula is C17H29N3O4. The number of nitrogens with zero attached hydrogens (tertiary/aromatic N) is 2. The fraction of sp³-hybridized carbons (Fsp3) is 0.824. The Kier molecular flexibility index (Phi) is 7.02. The predicted octanol–water partition coefficient (Wildman–Crippen LogP) is 1.59. The van der Waals surface area contributed by atoms with Gasteiger partial charge in [-0.1, -0.05) is 6.42 Å². The summed E-state index contributed by atoms with van der Waals surface area (Å²) in [6.45, 7) is 4.25. The summed E-state index contributed by atoms with van der Waals surface area (Å²) in [7, 11) is 0. The molecular weight excluding hydrogens is 310 g/mol. The van der Waals surface area contributed by atoms with Gasteiger partial charge in [0, 0.05) is 12.1 Å². The van der Waals surface area contributed by atoms with Gasteiger partial charge in [0.2, 0.25) is 0 Å². The largest absolute Gasteiger partial charge is 0.466 e. The molecule has 0 unspecified atom stereocenters. The number of hydrogen-bond donors (Lipinski definition) is 1. The second-order valence-corrected chi connectivity index (χ2v) is 6.38. The van der Waals surface area contributed by atoms with Gasteiger partial charge in [0.25, 0.3) is 0 Å². The first-order valence-electron chi connectivity index (χ1n) is 9.00. The number of nitrogens with two attached hydrogens (primary N) is 1. The van der Waals surface area contributed by atoms with Gasteiger partial charge in [-0.05, 0) is 46.0 Å². The van der Waals surface area contributed by atoms with Crippen LogP contribution in [0.2, 0.25) is 0 Å². The molecule has 2 heterocycles. The SMILES string of the molecule is CCOC(=O)C[C@@H]1CCC[C@H]2CCC[C@@H](/C(=N\N)C(=O)OCC)N21. The minimum Gasteiger partial charge on any atom is -0.466 e. The van der Waals surface area contributed by atoms with Crippen LogP contribution in [0, 0.1) is 0 Å². The van der Waals surface area contributed by atoms with Crippen LogP contribution >= 0.6 is 0 Å². The van der Waals surface area contributed by atoms with Gasteiger partial charge in [-0.25, -0.2) is 4.79 Å². The van der Waals surface area contributed by atoms with Crippen molar-refractivity contribution in [2.75, 3.05) is 13.2 Å². The van der Waals surface area contributed by atoms with Crippen molar-refractivity contribution in [3.8, 4) is 0 Å². The Bertz CT molecular complexity index is 478. The summed E-state index contributed by atoms with van der Waals surface area (Å²) in [5.41, 5.74) is 0.275. The Hall–Kier alpha value is -1.63. The lowest BCUT2D eigenvalue weighted by Gasteiger charge is -2.49. The number of esters is 2. The zero-order valence-corrected chi connectivity index (χ0v) is 14.7. The lowest BCUT2D eigenvalue weighted by Crippen LogP contribution is -2.59. The molecule has 0 spiro atoms. The van der Waals surface area contributed by atoms with Crippen LogP contribution in [0.5, 0.6) is 0 Å². The molecule has 7 nitrogen and oxygen atoms in total. The van der Waals surface area contributed by atoms with Gasteiger partial charge >= 0.3 is 11.9 Å². The molecule has 2 N–H and O–H groups in total. The highest BCUT2D eigenvalue weighted by atomic mass is 16.5. The summed E-state index contributed by atoms with van der Waals surface area (Å²) in [6, 6.07) is 0.259. The average Bonchev–Trinajstić information content (AvgIpc) is 2.56. The van der Waals surface area contributed by atoms with Crippen LogP contribution in [-0.2, 0) is 19.1 Å². The van der Waals surface area contributed by atoms with Gasteiger partial charge in [0.15, 0.2) is 5.71 Å². The topological polar surface area (TPSA) is 94.2 Å². The first kappa shape index (κ1) is 18.7. The predicted molar refractivity (Wildman–Crippen MR) is 90.4 cm³/mol. The van der Waals surface area contributed by atoms with Crippen molar-refractivity contribution in [2.24, 2.45) is 10.9 Å². The van der Waals surface area contributed by atoms with Crippen LogP contribution < -0.4 is 5.84 Å². The Balaban J connectivity index is 2.19. The Labute approximate surface area is 143 Å². The molecule has 2 aliphatic heterocycles. The maximum Gasteiger partial charge on any atom is 0.356 e. The standard InChI is InChI=1S/C17H29N3O4/c1-3-23-15(21)11-13-9-5-7-12-8-6-10-14(20(12)13)16(19-18)17(22)24-4-2/h12-14H,3-11,18H2,1-2H3/b19-16+/t12-,13-,14-/m0/s1. The van der Waals surface area contributed by atoms with Crippen molar-refractivity contribution in [1.29, 1.82) is 0 Å². The highest BCUT2D eigenvalue weighted by molar-refractivity contribution is 6.38. The smallest absolute Gasteiger partial charge is 0.356 e. The molecule has 0 bridgehead atoms. The minimum absolute atomic E-state index is 0.0688. The molecule has 0 aromatic carbocycles. The molecule has 0 aromatic heterocycles. The summed E-state index contributed by atoms with van der Waals surface area (Å²) in [6.07, 6.45) is 6.36. The molecule has 3 atom stereocenters. The van der Waals surface area contributed by atoms with Crippen molar-refractivity contribution < 1.29 is 19.1 Å². The van der Waals surface area contributed by atoms with E-state index in [1.165, 1.54) is 0 Å². The highest BCUT2D eigenvalue weighted by Gasteiger charge is 2.42. The van der Waals surface area contributed by atoms with Gasteiger partial charge in [0.05, 0.1) is 25.7 Å². The molecule has 0 amide bonds.